The number of hydrogen-bond donors (Lipinski definition) is 5. The maximum atomic E-state index is 9.20. The van der Waals surface area contributed by atoms with Crippen molar-refractivity contribution in [1.82, 2.24) is 0 Å². The van der Waals surface area contributed by atoms with Gasteiger partial charge in [0.2, 0.25) is 0 Å². The lowest BCUT2D eigenvalue weighted by atomic mass is 9.98. The van der Waals surface area contributed by atoms with E-state index < -0.39 is 37.3 Å². The van der Waals surface area contributed by atoms with Crippen molar-refractivity contribution in [2.24, 2.45) is 5.73 Å². The average Bonchev–Trinajstić information content (AvgIpc) is 2.08. The van der Waals surface area contributed by atoms with E-state index in [1.54, 1.807) is 0 Å². The first-order chi connectivity index (χ1) is 5.57. The van der Waals surface area contributed by atoms with Crippen LogP contribution in [-0.4, -0.2) is 57.7 Å². The minimum Gasteiger partial charge on any atom is -0.394 e. The van der Waals surface area contributed by atoms with E-state index >= 15 is 0 Å². The number of aliphatic hydroxyl groups excluding tert-OH is 4. The summed E-state index contributed by atoms with van der Waals surface area (Å²) in [5.41, 5.74) is 5.26. The van der Waals surface area contributed by atoms with E-state index in [9.17, 15) is 10.2 Å². The van der Waals surface area contributed by atoms with E-state index in [1.807, 2.05) is 0 Å². The van der Waals surface area contributed by atoms with Crippen molar-refractivity contribution < 1.29 is 25.2 Å². The third-order valence-electron chi connectivity index (χ3n) is 1.95. The van der Waals surface area contributed by atoms with Crippen LogP contribution in [0.4, 0.5) is 0 Å². The van der Waals surface area contributed by atoms with E-state index in [-0.39, 0.29) is 17.0 Å². The molecule has 1 aliphatic heterocycles. The van der Waals surface area contributed by atoms with Crippen molar-refractivity contribution in [3.05, 3.63) is 0 Å². The van der Waals surface area contributed by atoms with Gasteiger partial charge >= 0.3 is 0 Å². The molecule has 1 saturated heterocycles. The Kier molecular flexibility index (Phi) is 5.30. The molecule has 1 unspecified atom stereocenters. The first-order valence-corrected chi connectivity index (χ1v) is 3.64. The summed E-state index contributed by atoms with van der Waals surface area (Å²) in [5, 5.41) is 36.1. The van der Waals surface area contributed by atoms with Gasteiger partial charge in [-0.25, -0.2) is 0 Å². The van der Waals surface area contributed by atoms with Crippen molar-refractivity contribution in [2.75, 3.05) is 6.61 Å². The zero-order chi connectivity index (χ0) is 9.30. The van der Waals surface area contributed by atoms with Gasteiger partial charge in [-0.05, 0) is 0 Å². The van der Waals surface area contributed by atoms with Crippen molar-refractivity contribution in [1.29, 1.82) is 0 Å². The molecule has 6 N–H and O–H groups in total. The van der Waals surface area contributed by atoms with Crippen LogP contribution in [0.3, 0.4) is 0 Å². The highest BCUT2D eigenvalue weighted by Gasteiger charge is 2.41. The minimum absolute atomic E-state index is 0. The molecule has 1 heterocycles. The van der Waals surface area contributed by atoms with E-state index in [2.05, 4.69) is 0 Å². The van der Waals surface area contributed by atoms with Gasteiger partial charge in [-0.1, -0.05) is 0 Å². The Balaban J connectivity index is 0.00000144. The van der Waals surface area contributed by atoms with Gasteiger partial charge in [0.25, 0.3) is 0 Å². The van der Waals surface area contributed by atoms with Gasteiger partial charge in [0, 0.05) is 0 Å². The quantitative estimate of drug-likeness (QED) is 0.351. The van der Waals surface area contributed by atoms with Gasteiger partial charge in [0.15, 0.2) is 6.29 Å². The van der Waals surface area contributed by atoms with Gasteiger partial charge in [-0.3, -0.25) is 0 Å². The smallest absolute Gasteiger partial charge is 0.173 e. The Morgan fingerprint density at radius 1 is 1.15 bits per heavy atom. The third-order valence-corrected chi connectivity index (χ3v) is 1.95. The normalized spacial score (nSPS) is 45.5. The molecule has 6 nitrogen and oxygen atoms in total. The van der Waals surface area contributed by atoms with Crippen LogP contribution in [0.15, 0.2) is 0 Å². The van der Waals surface area contributed by atoms with E-state index in [0.29, 0.717) is 0 Å². The maximum absolute atomic E-state index is 9.20. The predicted octanol–water partition coefficient (Wildman–Crippen LogP) is -2.68. The van der Waals surface area contributed by atoms with Gasteiger partial charge in [-0.15, -0.1) is 17.0 Å². The topological polar surface area (TPSA) is 116 Å². The molecule has 13 heavy (non-hydrogen) atoms. The lowest BCUT2D eigenvalue weighted by Gasteiger charge is -2.38. The molecule has 0 aromatic rings. The molecule has 0 amide bonds. The molecule has 0 saturated carbocycles. The van der Waals surface area contributed by atoms with Crippen molar-refractivity contribution in [3.63, 3.8) is 0 Å². The number of ether oxygens (including phenoxy) is 1. The molecule has 5 atom stereocenters. The van der Waals surface area contributed by atoms with Gasteiger partial charge in [0.1, 0.15) is 18.3 Å². The lowest BCUT2D eigenvalue weighted by molar-refractivity contribution is -0.248. The van der Waals surface area contributed by atoms with E-state index in [4.69, 9.17) is 20.7 Å². The van der Waals surface area contributed by atoms with Gasteiger partial charge in [0.05, 0.1) is 12.6 Å². The molecule has 1 rings (SSSR count). The Morgan fingerprint density at radius 3 is 2.15 bits per heavy atom. The third kappa shape index (κ3) is 2.59. The molecule has 0 aromatic carbocycles. The number of aliphatic hydroxyl groups is 4. The molecule has 1 fully saturated rings. The predicted molar refractivity (Wildman–Crippen MR) is 48.3 cm³/mol. The molecule has 7 heteroatoms. The van der Waals surface area contributed by atoms with Crippen LogP contribution in [0, 0.1) is 0 Å². The zero-order valence-corrected chi connectivity index (χ0v) is 8.49. The fourth-order valence-corrected chi connectivity index (χ4v) is 1.12. The summed E-state index contributed by atoms with van der Waals surface area (Å²) in [5.74, 6) is 0. The van der Waals surface area contributed by atoms with Crippen LogP contribution in [0.25, 0.3) is 0 Å². The summed E-state index contributed by atoms with van der Waals surface area (Å²) in [7, 11) is 0. The fraction of sp³-hybridized carbons (Fsp3) is 1.00. The van der Waals surface area contributed by atoms with Gasteiger partial charge in [-0.2, -0.15) is 0 Å². The molecule has 0 spiro atoms. The second kappa shape index (κ2) is 5.20. The van der Waals surface area contributed by atoms with E-state index in [1.165, 1.54) is 0 Å². The Labute approximate surface area is 85.7 Å². The highest BCUT2D eigenvalue weighted by atomic mass is 79.9. The summed E-state index contributed by atoms with van der Waals surface area (Å²) >= 11 is 0. The molecule has 1 aliphatic rings. The first-order valence-electron chi connectivity index (χ1n) is 3.64. The molecule has 80 valence electrons. The van der Waals surface area contributed by atoms with Crippen molar-refractivity contribution >= 4 is 17.0 Å². The highest BCUT2D eigenvalue weighted by Crippen LogP contribution is 2.17. The minimum atomic E-state index is -1.35. The Bertz CT molecular complexity index is 155. The number of nitrogens with two attached hydrogens (primary N) is 1. The maximum Gasteiger partial charge on any atom is 0.173 e. The summed E-state index contributed by atoms with van der Waals surface area (Å²) in [4.78, 5) is 0. The molecular formula is C6H14BrNO5. The van der Waals surface area contributed by atoms with Crippen LogP contribution in [0.2, 0.25) is 0 Å². The Morgan fingerprint density at radius 2 is 1.69 bits per heavy atom. The second-order valence-electron chi connectivity index (χ2n) is 2.81. The molecular weight excluding hydrogens is 246 g/mol. The standard InChI is InChI=1S/C6H13NO5.BrH/c7-3-5(10)4(9)2(1-8)12-6(3)11;/h2-6,8-11H,1,7H2;1H/t2-,3-,4+,5-,6?;/m0./s1. The SMILES string of the molecule is Br.N[C@@H]1C(O)O[C@@H](CO)[C@@H](O)[C@H]1O. The Hall–Kier alpha value is 0.240. The van der Waals surface area contributed by atoms with Crippen LogP contribution in [-0.2, 0) is 4.74 Å². The van der Waals surface area contributed by atoms with Gasteiger partial charge < -0.3 is 30.9 Å². The number of rotatable bonds is 1. The number of hydrogen-bond acceptors (Lipinski definition) is 6. The summed E-state index contributed by atoms with van der Waals surface area (Å²) in [6.07, 6.45) is -4.85. The number of halogens is 1. The average molecular weight is 260 g/mol. The zero-order valence-electron chi connectivity index (χ0n) is 6.78. The summed E-state index contributed by atoms with van der Waals surface area (Å²) in [6, 6.07) is -1.04. The first kappa shape index (κ1) is 13.2. The van der Waals surface area contributed by atoms with Crippen LogP contribution >= 0.6 is 17.0 Å². The van der Waals surface area contributed by atoms with Crippen LogP contribution in [0.1, 0.15) is 0 Å². The van der Waals surface area contributed by atoms with Crippen LogP contribution in [0.5, 0.6) is 0 Å². The van der Waals surface area contributed by atoms with Crippen molar-refractivity contribution in [3.8, 4) is 0 Å². The largest absolute Gasteiger partial charge is 0.394 e. The molecule has 0 aromatic heterocycles. The monoisotopic (exact) mass is 259 g/mol. The molecule has 0 bridgehead atoms. The second-order valence-corrected chi connectivity index (χ2v) is 2.81. The van der Waals surface area contributed by atoms with Crippen molar-refractivity contribution in [2.45, 2.75) is 30.6 Å². The van der Waals surface area contributed by atoms with Crippen LogP contribution < -0.4 is 5.73 Å². The summed E-state index contributed by atoms with van der Waals surface area (Å²) in [6.45, 7) is -0.470. The molecule has 0 aliphatic carbocycles. The summed E-state index contributed by atoms with van der Waals surface area (Å²) < 4.78 is 4.70. The van der Waals surface area contributed by atoms with E-state index in [0.717, 1.165) is 0 Å². The fourth-order valence-electron chi connectivity index (χ4n) is 1.12. The lowest BCUT2D eigenvalue weighted by Crippen LogP contribution is -2.61. The molecule has 0 radical (unpaired) electrons. The highest BCUT2D eigenvalue weighted by molar-refractivity contribution is 8.93.